The first-order chi connectivity index (χ1) is 9.26. The molecule has 0 saturated carbocycles. The van der Waals surface area contributed by atoms with Gasteiger partial charge in [-0.2, -0.15) is 0 Å². The van der Waals surface area contributed by atoms with E-state index in [4.69, 9.17) is 14.6 Å². The molecule has 1 atom stereocenters. The quantitative estimate of drug-likeness (QED) is 0.825. The van der Waals surface area contributed by atoms with Crippen LogP contribution in [-0.2, 0) is 9.47 Å². The number of aliphatic hydroxyl groups is 1. The Bertz CT molecular complexity index is 433. The molecule has 0 amide bonds. The minimum absolute atomic E-state index is 0.126. The minimum atomic E-state index is -0.339. The van der Waals surface area contributed by atoms with Crippen LogP contribution in [-0.4, -0.2) is 50.6 Å². The monoisotopic (exact) mass is 265 g/mol. The number of carbonyl (C=O) groups is 1. The van der Waals surface area contributed by atoms with Crippen molar-refractivity contribution < 1.29 is 19.4 Å². The second-order valence-electron chi connectivity index (χ2n) is 4.48. The SMILES string of the molecule is COC(=O)c1cccc(N2CCOCC2CCO)c1. The molecule has 1 aliphatic heterocycles. The molecular formula is C14H19NO4. The van der Waals surface area contributed by atoms with Crippen LogP contribution >= 0.6 is 0 Å². The van der Waals surface area contributed by atoms with Crippen LogP contribution < -0.4 is 4.90 Å². The van der Waals surface area contributed by atoms with Gasteiger partial charge in [-0.25, -0.2) is 4.79 Å². The molecule has 0 aromatic heterocycles. The van der Waals surface area contributed by atoms with E-state index in [1.54, 1.807) is 6.07 Å². The summed E-state index contributed by atoms with van der Waals surface area (Å²) in [5.41, 5.74) is 1.50. The molecule has 1 unspecified atom stereocenters. The number of anilines is 1. The van der Waals surface area contributed by atoms with Crippen molar-refractivity contribution in [2.24, 2.45) is 0 Å². The second kappa shape index (κ2) is 6.54. The van der Waals surface area contributed by atoms with Crippen molar-refractivity contribution in [3.05, 3.63) is 29.8 Å². The molecule has 1 heterocycles. The molecule has 0 spiro atoms. The zero-order valence-electron chi connectivity index (χ0n) is 11.0. The Morgan fingerprint density at radius 3 is 3.16 bits per heavy atom. The maximum Gasteiger partial charge on any atom is 0.337 e. The highest BCUT2D eigenvalue weighted by atomic mass is 16.5. The van der Waals surface area contributed by atoms with Crippen LogP contribution in [0.5, 0.6) is 0 Å². The van der Waals surface area contributed by atoms with E-state index in [0.717, 1.165) is 12.2 Å². The lowest BCUT2D eigenvalue weighted by molar-refractivity contribution is 0.0600. The summed E-state index contributed by atoms with van der Waals surface area (Å²) in [5, 5.41) is 9.11. The smallest absolute Gasteiger partial charge is 0.337 e. The predicted octanol–water partition coefficient (Wildman–Crippen LogP) is 1.06. The second-order valence-corrected chi connectivity index (χ2v) is 4.48. The third kappa shape index (κ3) is 3.24. The third-order valence-electron chi connectivity index (χ3n) is 3.29. The molecule has 104 valence electrons. The average molecular weight is 265 g/mol. The number of esters is 1. The predicted molar refractivity (Wildman–Crippen MR) is 71.4 cm³/mol. The maximum absolute atomic E-state index is 11.6. The Hall–Kier alpha value is -1.59. The first kappa shape index (κ1) is 13.8. The molecule has 5 nitrogen and oxygen atoms in total. The van der Waals surface area contributed by atoms with Gasteiger partial charge < -0.3 is 19.5 Å². The van der Waals surface area contributed by atoms with Gasteiger partial charge in [-0.1, -0.05) is 6.07 Å². The van der Waals surface area contributed by atoms with Crippen LogP contribution in [0.1, 0.15) is 16.8 Å². The fourth-order valence-corrected chi connectivity index (χ4v) is 2.31. The van der Waals surface area contributed by atoms with E-state index in [1.165, 1.54) is 7.11 Å². The number of aliphatic hydroxyl groups excluding tert-OH is 1. The summed E-state index contributed by atoms with van der Waals surface area (Å²) >= 11 is 0. The van der Waals surface area contributed by atoms with Crippen LogP contribution in [0.4, 0.5) is 5.69 Å². The van der Waals surface area contributed by atoms with Gasteiger partial charge in [0.25, 0.3) is 0 Å². The number of benzene rings is 1. The summed E-state index contributed by atoms with van der Waals surface area (Å²) in [7, 11) is 1.37. The topological polar surface area (TPSA) is 59.0 Å². The molecule has 2 rings (SSSR count). The van der Waals surface area contributed by atoms with Crippen LogP contribution in [0.2, 0.25) is 0 Å². The largest absolute Gasteiger partial charge is 0.465 e. The zero-order valence-corrected chi connectivity index (χ0v) is 11.0. The van der Waals surface area contributed by atoms with Gasteiger partial charge in [-0.3, -0.25) is 0 Å². The molecule has 0 aliphatic carbocycles. The Balaban J connectivity index is 2.21. The van der Waals surface area contributed by atoms with E-state index in [2.05, 4.69) is 4.90 Å². The summed E-state index contributed by atoms with van der Waals surface area (Å²) in [5.74, 6) is -0.339. The van der Waals surface area contributed by atoms with Gasteiger partial charge in [0.15, 0.2) is 0 Å². The van der Waals surface area contributed by atoms with E-state index < -0.39 is 0 Å². The van der Waals surface area contributed by atoms with Crippen molar-refractivity contribution in [1.82, 2.24) is 0 Å². The van der Waals surface area contributed by atoms with Crippen LogP contribution in [0, 0.1) is 0 Å². The molecule has 0 bridgehead atoms. The van der Waals surface area contributed by atoms with Gasteiger partial charge in [-0.15, -0.1) is 0 Å². The van der Waals surface area contributed by atoms with Gasteiger partial charge in [-0.05, 0) is 24.6 Å². The lowest BCUT2D eigenvalue weighted by atomic mass is 10.1. The summed E-state index contributed by atoms with van der Waals surface area (Å²) in [6.45, 7) is 2.14. The maximum atomic E-state index is 11.6. The van der Waals surface area contributed by atoms with Crippen molar-refractivity contribution in [3.8, 4) is 0 Å². The van der Waals surface area contributed by atoms with E-state index in [9.17, 15) is 4.79 Å². The normalized spacial score (nSPS) is 19.3. The fourth-order valence-electron chi connectivity index (χ4n) is 2.31. The van der Waals surface area contributed by atoms with Crippen LogP contribution in [0.25, 0.3) is 0 Å². The number of methoxy groups -OCH3 is 1. The van der Waals surface area contributed by atoms with Gasteiger partial charge in [0.1, 0.15) is 0 Å². The van der Waals surface area contributed by atoms with Crippen molar-refractivity contribution in [1.29, 1.82) is 0 Å². The highest BCUT2D eigenvalue weighted by Gasteiger charge is 2.23. The highest BCUT2D eigenvalue weighted by Crippen LogP contribution is 2.22. The molecule has 1 aliphatic rings. The van der Waals surface area contributed by atoms with Gasteiger partial charge in [0, 0.05) is 18.8 Å². The Morgan fingerprint density at radius 2 is 2.42 bits per heavy atom. The van der Waals surface area contributed by atoms with Gasteiger partial charge >= 0.3 is 5.97 Å². The van der Waals surface area contributed by atoms with Crippen LogP contribution in [0.3, 0.4) is 0 Å². The van der Waals surface area contributed by atoms with Crippen molar-refractivity contribution in [2.45, 2.75) is 12.5 Å². The van der Waals surface area contributed by atoms with Crippen molar-refractivity contribution >= 4 is 11.7 Å². The van der Waals surface area contributed by atoms with Gasteiger partial charge in [0.2, 0.25) is 0 Å². The van der Waals surface area contributed by atoms with Gasteiger partial charge in [0.05, 0.1) is 31.9 Å². The van der Waals surface area contributed by atoms with Crippen molar-refractivity contribution in [2.75, 3.05) is 38.4 Å². The molecular weight excluding hydrogens is 246 g/mol. The summed E-state index contributed by atoms with van der Waals surface area (Å²) in [6.07, 6.45) is 0.655. The molecule has 1 fully saturated rings. The molecule has 5 heteroatoms. The average Bonchev–Trinajstić information content (AvgIpc) is 2.47. The number of ether oxygens (including phenoxy) is 2. The summed E-state index contributed by atoms with van der Waals surface area (Å²) in [4.78, 5) is 13.7. The number of carbonyl (C=O) groups excluding carboxylic acids is 1. The first-order valence-corrected chi connectivity index (χ1v) is 6.40. The highest BCUT2D eigenvalue weighted by molar-refractivity contribution is 5.90. The molecule has 1 aromatic carbocycles. The van der Waals surface area contributed by atoms with E-state index in [0.29, 0.717) is 25.2 Å². The molecule has 1 N–H and O–H groups in total. The zero-order chi connectivity index (χ0) is 13.7. The van der Waals surface area contributed by atoms with Crippen LogP contribution in [0.15, 0.2) is 24.3 Å². The molecule has 1 saturated heterocycles. The van der Waals surface area contributed by atoms with E-state index in [1.807, 2.05) is 18.2 Å². The number of nitrogens with zero attached hydrogens (tertiary/aromatic N) is 1. The number of morpholine rings is 1. The summed E-state index contributed by atoms with van der Waals surface area (Å²) < 4.78 is 10.2. The number of rotatable bonds is 4. The minimum Gasteiger partial charge on any atom is -0.465 e. The molecule has 19 heavy (non-hydrogen) atoms. The lowest BCUT2D eigenvalue weighted by Crippen LogP contribution is -2.46. The van der Waals surface area contributed by atoms with E-state index in [-0.39, 0.29) is 18.6 Å². The number of hydrogen-bond donors (Lipinski definition) is 1. The Labute approximate surface area is 112 Å². The Morgan fingerprint density at radius 1 is 1.58 bits per heavy atom. The van der Waals surface area contributed by atoms with E-state index >= 15 is 0 Å². The summed E-state index contributed by atoms with van der Waals surface area (Å²) in [6, 6.07) is 7.50. The Kier molecular flexibility index (Phi) is 4.76. The number of hydrogen-bond acceptors (Lipinski definition) is 5. The van der Waals surface area contributed by atoms with Crippen molar-refractivity contribution in [3.63, 3.8) is 0 Å². The molecule has 1 aromatic rings. The fraction of sp³-hybridized carbons (Fsp3) is 0.500. The third-order valence-corrected chi connectivity index (χ3v) is 3.29. The standard InChI is InChI=1S/C14H19NO4/c1-18-14(17)11-3-2-4-12(9-11)15-6-8-19-10-13(15)5-7-16/h2-4,9,13,16H,5-8,10H2,1H3. The lowest BCUT2D eigenvalue weighted by Gasteiger charge is -2.37. The first-order valence-electron chi connectivity index (χ1n) is 6.40. The molecule has 0 radical (unpaired) electrons.